The summed E-state index contributed by atoms with van der Waals surface area (Å²) >= 11 is 0. The summed E-state index contributed by atoms with van der Waals surface area (Å²) in [6, 6.07) is 0. The predicted molar refractivity (Wildman–Crippen MR) is 49.6 cm³/mol. The van der Waals surface area contributed by atoms with Gasteiger partial charge in [-0.15, -0.1) is 0 Å². The fraction of sp³-hybridized carbons (Fsp3) is 1.00. The normalized spacial score (nSPS) is 16.4. The second-order valence-electron chi connectivity index (χ2n) is 3.51. The Balaban J connectivity index is 3.13. The first-order valence-electron chi connectivity index (χ1n) is 4.88. The minimum atomic E-state index is -0.0564. The van der Waals surface area contributed by atoms with E-state index in [9.17, 15) is 5.11 Å². The van der Waals surface area contributed by atoms with Crippen molar-refractivity contribution in [2.45, 2.75) is 59.0 Å². The summed E-state index contributed by atoms with van der Waals surface area (Å²) in [7, 11) is 0. The molecule has 0 heterocycles. The van der Waals surface area contributed by atoms with Gasteiger partial charge in [0.15, 0.2) is 0 Å². The van der Waals surface area contributed by atoms with Crippen LogP contribution in [0.5, 0.6) is 0 Å². The van der Waals surface area contributed by atoms with Gasteiger partial charge in [0, 0.05) is 0 Å². The van der Waals surface area contributed by atoms with Crippen molar-refractivity contribution in [2.24, 2.45) is 5.92 Å². The zero-order valence-corrected chi connectivity index (χ0v) is 8.14. The van der Waals surface area contributed by atoms with Crippen molar-refractivity contribution in [3.05, 3.63) is 0 Å². The molecule has 0 fully saturated rings. The second kappa shape index (κ2) is 6.66. The Kier molecular flexibility index (Phi) is 6.63. The third-order valence-electron chi connectivity index (χ3n) is 2.40. The molecule has 0 aliphatic carbocycles. The lowest BCUT2D eigenvalue weighted by Gasteiger charge is -2.10. The molecule has 0 spiro atoms. The van der Waals surface area contributed by atoms with Crippen LogP contribution in [0.1, 0.15) is 52.9 Å². The summed E-state index contributed by atoms with van der Waals surface area (Å²) < 4.78 is 0. The summed E-state index contributed by atoms with van der Waals surface area (Å²) in [5.74, 6) is 0.832. The van der Waals surface area contributed by atoms with Crippen LogP contribution in [0.3, 0.4) is 0 Å². The Labute approximate surface area is 70.8 Å². The smallest absolute Gasteiger partial charge is 0.0537 e. The van der Waals surface area contributed by atoms with Crippen LogP contribution in [0.15, 0.2) is 0 Å². The number of hydrogen-bond donors (Lipinski definition) is 1. The first-order chi connectivity index (χ1) is 5.20. The second-order valence-corrected chi connectivity index (χ2v) is 3.51. The van der Waals surface area contributed by atoms with E-state index in [0.717, 1.165) is 18.8 Å². The molecule has 0 aromatic carbocycles. The fourth-order valence-corrected chi connectivity index (χ4v) is 1.11. The SMILES string of the molecule is CCC(C)CCCC(O)CC. The van der Waals surface area contributed by atoms with Gasteiger partial charge >= 0.3 is 0 Å². The van der Waals surface area contributed by atoms with Crippen LogP contribution in [0.4, 0.5) is 0 Å². The largest absolute Gasteiger partial charge is 0.393 e. The number of hydrogen-bond acceptors (Lipinski definition) is 1. The van der Waals surface area contributed by atoms with E-state index in [4.69, 9.17) is 0 Å². The van der Waals surface area contributed by atoms with Gasteiger partial charge in [-0.1, -0.05) is 40.0 Å². The van der Waals surface area contributed by atoms with E-state index in [2.05, 4.69) is 13.8 Å². The minimum Gasteiger partial charge on any atom is -0.393 e. The van der Waals surface area contributed by atoms with Gasteiger partial charge in [-0.2, -0.15) is 0 Å². The summed E-state index contributed by atoms with van der Waals surface area (Å²) in [5.41, 5.74) is 0. The average Bonchev–Trinajstić information content (AvgIpc) is 2.04. The molecule has 0 bridgehead atoms. The van der Waals surface area contributed by atoms with E-state index >= 15 is 0 Å². The van der Waals surface area contributed by atoms with Crippen LogP contribution in [-0.2, 0) is 0 Å². The van der Waals surface area contributed by atoms with Crippen molar-refractivity contribution in [1.29, 1.82) is 0 Å². The van der Waals surface area contributed by atoms with Crippen LogP contribution in [-0.4, -0.2) is 11.2 Å². The molecule has 0 saturated heterocycles. The molecule has 0 aromatic heterocycles. The lowest BCUT2D eigenvalue weighted by atomic mass is 10.00. The van der Waals surface area contributed by atoms with Gasteiger partial charge in [0.05, 0.1) is 6.10 Å². The highest BCUT2D eigenvalue weighted by molar-refractivity contribution is 4.55. The predicted octanol–water partition coefficient (Wildman–Crippen LogP) is 2.97. The van der Waals surface area contributed by atoms with Crippen molar-refractivity contribution < 1.29 is 5.11 Å². The minimum absolute atomic E-state index is 0.0564. The van der Waals surface area contributed by atoms with E-state index in [1.807, 2.05) is 6.92 Å². The summed E-state index contributed by atoms with van der Waals surface area (Å²) in [6.07, 6.45) is 5.56. The average molecular weight is 158 g/mol. The van der Waals surface area contributed by atoms with Gasteiger partial charge in [-0.05, 0) is 18.8 Å². The third kappa shape index (κ3) is 6.36. The molecule has 0 saturated carbocycles. The molecular weight excluding hydrogens is 136 g/mol. The van der Waals surface area contributed by atoms with E-state index in [0.29, 0.717) is 0 Å². The number of rotatable bonds is 6. The van der Waals surface area contributed by atoms with Gasteiger partial charge in [0.25, 0.3) is 0 Å². The number of aliphatic hydroxyl groups excluding tert-OH is 1. The van der Waals surface area contributed by atoms with Gasteiger partial charge in [-0.3, -0.25) is 0 Å². The van der Waals surface area contributed by atoms with E-state index in [1.165, 1.54) is 19.3 Å². The zero-order valence-electron chi connectivity index (χ0n) is 8.14. The van der Waals surface area contributed by atoms with Crippen molar-refractivity contribution in [3.8, 4) is 0 Å². The van der Waals surface area contributed by atoms with E-state index in [1.54, 1.807) is 0 Å². The first-order valence-corrected chi connectivity index (χ1v) is 4.88. The molecule has 11 heavy (non-hydrogen) atoms. The number of aliphatic hydroxyl groups is 1. The fourth-order valence-electron chi connectivity index (χ4n) is 1.11. The highest BCUT2D eigenvalue weighted by Gasteiger charge is 2.02. The molecule has 0 aromatic rings. The molecule has 0 aliphatic rings. The standard InChI is InChI=1S/C10H22O/c1-4-9(3)7-6-8-10(11)5-2/h9-11H,4-8H2,1-3H3. The Hall–Kier alpha value is -0.0400. The molecule has 0 amide bonds. The Morgan fingerprint density at radius 2 is 1.73 bits per heavy atom. The summed E-state index contributed by atoms with van der Waals surface area (Å²) in [6.45, 7) is 6.53. The third-order valence-corrected chi connectivity index (χ3v) is 2.40. The summed E-state index contributed by atoms with van der Waals surface area (Å²) in [4.78, 5) is 0. The molecule has 2 atom stereocenters. The Morgan fingerprint density at radius 1 is 1.09 bits per heavy atom. The van der Waals surface area contributed by atoms with Crippen LogP contribution < -0.4 is 0 Å². The maximum absolute atomic E-state index is 9.24. The van der Waals surface area contributed by atoms with Crippen LogP contribution in [0.25, 0.3) is 0 Å². The highest BCUT2D eigenvalue weighted by Crippen LogP contribution is 2.12. The molecule has 0 radical (unpaired) electrons. The van der Waals surface area contributed by atoms with Crippen LogP contribution in [0.2, 0.25) is 0 Å². The van der Waals surface area contributed by atoms with Gasteiger partial charge in [0.1, 0.15) is 0 Å². The monoisotopic (exact) mass is 158 g/mol. The first kappa shape index (κ1) is 11.0. The molecule has 2 unspecified atom stereocenters. The lowest BCUT2D eigenvalue weighted by molar-refractivity contribution is 0.155. The zero-order chi connectivity index (χ0) is 8.69. The molecular formula is C10H22O. The Morgan fingerprint density at radius 3 is 2.18 bits per heavy atom. The van der Waals surface area contributed by atoms with E-state index in [-0.39, 0.29) is 6.10 Å². The highest BCUT2D eigenvalue weighted by atomic mass is 16.3. The lowest BCUT2D eigenvalue weighted by Crippen LogP contribution is -2.04. The molecule has 1 N–H and O–H groups in total. The van der Waals surface area contributed by atoms with Crippen molar-refractivity contribution in [1.82, 2.24) is 0 Å². The van der Waals surface area contributed by atoms with Gasteiger partial charge < -0.3 is 5.11 Å². The molecule has 1 nitrogen and oxygen atoms in total. The summed E-state index contributed by atoms with van der Waals surface area (Å²) in [5, 5.41) is 9.24. The van der Waals surface area contributed by atoms with Gasteiger partial charge in [0.2, 0.25) is 0 Å². The molecule has 0 aliphatic heterocycles. The maximum Gasteiger partial charge on any atom is 0.0537 e. The van der Waals surface area contributed by atoms with Gasteiger partial charge in [-0.25, -0.2) is 0 Å². The van der Waals surface area contributed by atoms with Crippen molar-refractivity contribution >= 4 is 0 Å². The van der Waals surface area contributed by atoms with Crippen molar-refractivity contribution in [2.75, 3.05) is 0 Å². The van der Waals surface area contributed by atoms with Crippen LogP contribution >= 0.6 is 0 Å². The van der Waals surface area contributed by atoms with Crippen molar-refractivity contribution in [3.63, 3.8) is 0 Å². The van der Waals surface area contributed by atoms with Crippen LogP contribution in [0, 0.1) is 5.92 Å². The quantitative estimate of drug-likeness (QED) is 0.630. The van der Waals surface area contributed by atoms with E-state index < -0.39 is 0 Å². The molecule has 0 rings (SSSR count). The molecule has 68 valence electrons. The molecule has 1 heteroatoms. The maximum atomic E-state index is 9.24. The topological polar surface area (TPSA) is 20.2 Å². The Bertz CT molecular complexity index is 70.9.